The molecule has 0 saturated carbocycles. The van der Waals surface area contributed by atoms with Gasteiger partial charge in [0.1, 0.15) is 11.5 Å². The Bertz CT molecular complexity index is 693. The predicted molar refractivity (Wildman–Crippen MR) is 85.9 cm³/mol. The van der Waals surface area contributed by atoms with E-state index in [0.29, 0.717) is 10.7 Å². The molecule has 2 aromatic carbocycles. The fourth-order valence-corrected chi connectivity index (χ4v) is 3.85. The molecule has 0 radical (unpaired) electrons. The van der Waals surface area contributed by atoms with E-state index in [1.807, 2.05) is 30.3 Å². The maximum absolute atomic E-state index is 12.3. The number of benzene rings is 2. The van der Waals surface area contributed by atoms with E-state index in [1.54, 1.807) is 35.7 Å². The van der Waals surface area contributed by atoms with Crippen molar-refractivity contribution in [1.29, 1.82) is 0 Å². The predicted octanol–water partition coefficient (Wildman–Crippen LogP) is 3.74. The number of rotatable bonds is 6. The van der Waals surface area contributed by atoms with Gasteiger partial charge in [-0.2, -0.15) is 0 Å². The van der Waals surface area contributed by atoms with E-state index < -0.39 is 9.84 Å². The molecule has 0 aliphatic rings. The average Bonchev–Trinajstić information content (AvgIpc) is 2.53. The largest absolute Gasteiger partial charge is 0.499 e. The highest BCUT2D eigenvalue weighted by molar-refractivity contribution is 8.02. The highest BCUT2D eigenvalue weighted by Gasteiger charge is 2.16. The molecular formula is C16H16O3S2. The van der Waals surface area contributed by atoms with Crippen LogP contribution in [0.3, 0.4) is 0 Å². The molecule has 0 amide bonds. The molecule has 0 aliphatic carbocycles. The van der Waals surface area contributed by atoms with Gasteiger partial charge in [-0.15, -0.1) is 0 Å². The summed E-state index contributed by atoms with van der Waals surface area (Å²) >= 11 is 1.44. The van der Waals surface area contributed by atoms with Gasteiger partial charge in [-0.3, -0.25) is 0 Å². The topological polar surface area (TPSA) is 43.4 Å². The molecule has 0 spiro atoms. The molecule has 0 saturated heterocycles. The fraction of sp³-hybridized carbons (Fsp3) is 0.125. The van der Waals surface area contributed by atoms with Crippen LogP contribution >= 0.6 is 11.8 Å². The summed E-state index contributed by atoms with van der Waals surface area (Å²) in [4.78, 5) is 1.34. The normalized spacial score (nSPS) is 12.1. The van der Waals surface area contributed by atoms with Gasteiger partial charge in [0, 0.05) is 10.3 Å². The molecule has 0 heterocycles. The third-order valence-electron chi connectivity index (χ3n) is 2.77. The number of hydrogen-bond donors (Lipinski definition) is 0. The van der Waals surface area contributed by atoms with Gasteiger partial charge >= 0.3 is 0 Å². The first-order valence-electron chi connectivity index (χ1n) is 6.34. The molecule has 0 atom stereocenters. The second-order valence-corrected chi connectivity index (χ2v) is 7.22. The van der Waals surface area contributed by atoms with Crippen LogP contribution in [0.1, 0.15) is 0 Å². The smallest absolute Gasteiger partial charge is 0.185 e. The first-order chi connectivity index (χ1) is 10.1. The van der Waals surface area contributed by atoms with Crippen molar-refractivity contribution in [3.63, 3.8) is 0 Å². The zero-order valence-electron chi connectivity index (χ0n) is 11.6. The van der Waals surface area contributed by atoms with Crippen LogP contribution in [0.25, 0.3) is 0 Å². The number of sulfone groups is 1. The van der Waals surface area contributed by atoms with E-state index >= 15 is 0 Å². The summed E-state index contributed by atoms with van der Waals surface area (Å²) in [7, 11) is -1.90. The lowest BCUT2D eigenvalue weighted by Crippen LogP contribution is -2.10. The van der Waals surface area contributed by atoms with Gasteiger partial charge in [0.05, 0.1) is 12.0 Å². The molecule has 0 fully saturated rings. The van der Waals surface area contributed by atoms with Crippen LogP contribution in [0, 0.1) is 0 Å². The quantitative estimate of drug-likeness (QED) is 0.601. The van der Waals surface area contributed by atoms with Crippen LogP contribution in [-0.2, 0) is 14.6 Å². The van der Waals surface area contributed by atoms with E-state index in [9.17, 15) is 8.42 Å². The molecule has 3 nitrogen and oxygen atoms in total. The van der Waals surface area contributed by atoms with E-state index in [0.717, 1.165) is 4.90 Å². The van der Waals surface area contributed by atoms with Crippen LogP contribution in [0.4, 0.5) is 0 Å². The summed E-state index contributed by atoms with van der Waals surface area (Å²) in [6.45, 7) is 0. The highest BCUT2D eigenvalue weighted by atomic mass is 32.2. The maximum Gasteiger partial charge on any atom is 0.185 e. The third-order valence-corrected chi connectivity index (χ3v) is 5.35. The molecule has 0 aliphatic heterocycles. The van der Waals surface area contributed by atoms with Gasteiger partial charge in [-0.05, 0) is 24.3 Å². The summed E-state index contributed by atoms with van der Waals surface area (Å²) in [5, 5.41) is 1.73. The van der Waals surface area contributed by atoms with Crippen LogP contribution in [0.2, 0.25) is 0 Å². The van der Waals surface area contributed by atoms with Gasteiger partial charge in [-0.1, -0.05) is 48.2 Å². The molecular weight excluding hydrogens is 304 g/mol. The lowest BCUT2D eigenvalue weighted by molar-refractivity contribution is 0.295. The molecule has 2 rings (SSSR count). The molecule has 110 valence electrons. The minimum absolute atomic E-state index is 0.145. The minimum atomic E-state index is -3.38. The van der Waals surface area contributed by atoms with Crippen LogP contribution in [0.15, 0.2) is 81.6 Å². The molecule has 2 aromatic rings. The summed E-state index contributed by atoms with van der Waals surface area (Å²) in [5.41, 5.74) is 0. The Balaban J connectivity index is 2.12. The zero-order valence-corrected chi connectivity index (χ0v) is 13.2. The second-order valence-electron chi connectivity index (χ2n) is 4.29. The first-order valence-corrected chi connectivity index (χ1v) is 8.87. The molecule has 0 bridgehead atoms. The standard InChI is InChI=1S/C16H16O3S2/c1-19-14(12-20-15-8-4-2-5-9-15)13-21(17,18)16-10-6-3-7-11-16/h2-12H,13H2,1H3. The summed E-state index contributed by atoms with van der Waals surface area (Å²) < 4.78 is 29.8. The summed E-state index contributed by atoms with van der Waals surface area (Å²) in [5.74, 6) is 0.278. The van der Waals surface area contributed by atoms with Crippen molar-refractivity contribution in [1.82, 2.24) is 0 Å². The highest BCUT2D eigenvalue weighted by Crippen LogP contribution is 2.22. The lowest BCUT2D eigenvalue weighted by Gasteiger charge is -2.08. The van der Waals surface area contributed by atoms with E-state index in [2.05, 4.69) is 0 Å². The minimum Gasteiger partial charge on any atom is -0.499 e. The van der Waals surface area contributed by atoms with Crippen molar-refractivity contribution in [3.8, 4) is 0 Å². The Hall–Kier alpha value is -1.72. The fourth-order valence-electron chi connectivity index (χ4n) is 1.67. The third kappa shape index (κ3) is 4.65. The number of hydrogen-bond acceptors (Lipinski definition) is 4. The van der Waals surface area contributed by atoms with Gasteiger partial charge in [0.25, 0.3) is 0 Å². The number of methoxy groups -OCH3 is 1. The lowest BCUT2D eigenvalue weighted by atomic mass is 10.4. The van der Waals surface area contributed by atoms with E-state index in [1.165, 1.54) is 18.9 Å². The van der Waals surface area contributed by atoms with Crippen LogP contribution in [0.5, 0.6) is 0 Å². The van der Waals surface area contributed by atoms with Crippen molar-refractivity contribution in [2.75, 3.05) is 12.9 Å². The Morgan fingerprint density at radius 2 is 1.62 bits per heavy atom. The van der Waals surface area contributed by atoms with E-state index in [-0.39, 0.29) is 5.75 Å². The van der Waals surface area contributed by atoms with Crippen molar-refractivity contribution < 1.29 is 13.2 Å². The Labute approximate surface area is 129 Å². The average molecular weight is 320 g/mol. The van der Waals surface area contributed by atoms with Crippen molar-refractivity contribution >= 4 is 21.6 Å². The Morgan fingerprint density at radius 3 is 2.19 bits per heavy atom. The Kier molecular flexibility index (Phi) is 5.47. The Morgan fingerprint density at radius 1 is 1.05 bits per heavy atom. The van der Waals surface area contributed by atoms with Crippen molar-refractivity contribution in [2.24, 2.45) is 0 Å². The van der Waals surface area contributed by atoms with Gasteiger partial charge in [0.15, 0.2) is 9.84 Å². The van der Waals surface area contributed by atoms with Gasteiger partial charge in [0.2, 0.25) is 0 Å². The monoisotopic (exact) mass is 320 g/mol. The molecule has 0 N–H and O–H groups in total. The molecule has 0 aromatic heterocycles. The zero-order chi connectivity index (χ0) is 15.1. The SMILES string of the molecule is COC(=CSc1ccccc1)CS(=O)(=O)c1ccccc1. The van der Waals surface area contributed by atoms with E-state index in [4.69, 9.17) is 4.74 Å². The second kappa shape index (κ2) is 7.33. The summed E-state index contributed by atoms with van der Waals surface area (Å²) in [6.07, 6.45) is 0. The van der Waals surface area contributed by atoms with Crippen molar-refractivity contribution in [3.05, 3.63) is 71.8 Å². The number of ether oxygens (including phenoxy) is 1. The molecule has 0 unspecified atom stereocenters. The maximum atomic E-state index is 12.3. The van der Waals surface area contributed by atoms with Crippen LogP contribution < -0.4 is 0 Å². The van der Waals surface area contributed by atoms with Crippen molar-refractivity contribution in [2.45, 2.75) is 9.79 Å². The first kappa shape index (κ1) is 15.7. The number of thioether (sulfide) groups is 1. The summed E-state index contributed by atoms with van der Waals surface area (Å²) in [6, 6.07) is 18.1. The molecule has 5 heteroatoms. The van der Waals surface area contributed by atoms with Gasteiger partial charge in [-0.25, -0.2) is 8.42 Å². The van der Waals surface area contributed by atoms with Crippen LogP contribution in [-0.4, -0.2) is 21.3 Å². The van der Waals surface area contributed by atoms with Gasteiger partial charge < -0.3 is 4.74 Å². The molecule has 21 heavy (non-hydrogen) atoms.